The Bertz CT molecular complexity index is 584. The summed E-state index contributed by atoms with van der Waals surface area (Å²) in [5.74, 6) is -0.121. The van der Waals surface area contributed by atoms with Crippen LogP contribution in [0.2, 0.25) is 0 Å². The first-order valence-electron chi connectivity index (χ1n) is 6.32. The summed E-state index contributed by atoms with van der Waals surface area (Å²) in [6.45, 7) is 0.778. The van der Waals surface area contributed by atoms with Gasteiger partial charge in [-0.2, -0.15) is 0 Å². The number of nitrogens with two attached hydrogens (primary N) is 1. The van der Waals surface area contributed by atoms with Gasteiger partial charge in [-0.05, 0) is 54.1 Å². The largest absolute Gasteiger partial charge is 0.330 e. The number of carbonyl (C=O) groups excluding carboxylic acids is 1. The third kappa shape index (κ3) is 4.27. The molecule has 3 N–H and O–H groups in total. The number of nitrogens with one attached hydrogen (secondary N) is 1. The molecule has 0 aliphatic heterocycles. The quantitative estimate of drug-likeness (QED) is 0.737. The maximum absolute atomic E-state index is 11.9. The SMILES string of the molecule is NCCCc1cn(CC(=O)Nc2ccccc2I)nn1. The summed E-state index contributed by atoms with van der Waals surface area (Å²) in [6, 6.07) is 7.63. The molecular weight excluding hydrogens is 369 g/mol. The van der Waals surface area contributed by atoms with Crippen LogP contribution in [0.25, 0.3) is 0 Å². The van der Waals surface area contributed by atoms with Crippen LogP contribution in [0.5, 0.6) is 0 Å². The minimum absolute atomic E-state index is 0.121. The predicted octanol–water partition coefficient (Wildman–Crippen LogP) is 1.41. The van der Waals surface area contributed by atoms with Gasteiger partial charge in [-0.25, -0.2) is 4.68 Å². The van der Waals surface area contributed by atoms with Crippen LogP contribution in [0.1, 0.15) is 12.1 Å². The molecule has 106 valence electrons. The van der Waals surface area contributed by atoms with Crippen molar-refractivity contribution in [3.8, 4) is 0 Å². The predicted molar refractivity (Wildman–Crippen MR) is 85.2 cm³/mol. The van der Waals surface area contributed by atoms with E-state index in [-0.39, 0.29) is 12.5 Å². The Kier molecular flexibility index (Phi) is 5.48. The number of hydrogen-bond donors (Lipinski definition) is 2. The molecule has 0 saturated carbocycles. The Morgan fingerprint density at radius 2 is 2.20 bits per heavy atom. The van der Waals surface area contributed by atoms with Gasteiger partial charge in [-0.1, -0.05) is 17.3 Å². The lowest BCUT2D eigenvalue weighted by atomic mass is 10.2. The van der Waals surface area contributed by atoms with Gasteiger partial charge in [0.2, 0.25) is 5.91 Å². The summed E-state index contributed by atoms with van der Waals surface area (Å²) in [4.78, 5) is 11.9. The third-order valence-corrected chi connectivity index (χ3v) is 3.62. The maximum Gasteiger partial charge on any atom is 0.246 e. The smallest absolute Gasteiger partial charge is 0.246 e. The molecule has 2 aromatic rings. The van der Waals surface area contributed by atoms with E-state index in [2.05, 4.69) is 38.2 Å². The van der Waals surface area contributed by atoms with Crippen molar-refractivity contribution in [3.63, 3.8) is 0 Å². The van der Waals surface area contributed by atoms with Crippen LogP contribution in [0.3, 0.4) is 0 Å². The molecular formula is C13H16IN5O. The fourth-order valence-corrected chi connectivity index (χ4v) is 2.24. The van der Waals surface area contributed by atoms with Crippen molar-refractivity contribution >= 4 is 34.2 Å². The van der Waals surface area contributed by atoms with Crippen LogP contribution in [0, 0.1) is 3.57 Å². The standard InChI is InChI=1S/C13H16IN5O/c14-11-5-1-2-6-12(11)16-13(20)9-19-8-10(17-18-19)4-3-7-15/h1-2,5-6,8H,3-4,7,9,15H2,(H,16,20). The van der Waals surface area contributed by atoms with Gasteiger partial charge in [0.15, 0.2) is 0 Å². The van der Waals surface area contributed by atoms with E-state index in [1.807, 2.05) is 24.3 Å². The molecule has 0 saturated heterocycles. The lowest BCUT2D eigenvalue weighted by molar-refractivity contribution is -0.116. The minimum atomic E-state index is -0.121. The highest BCUT2D eigenvalue weighted by Gasteiger charge is 2.08. The molecule has 6 nitrogen and oxygen atoms in total. The molecule has 0 radical (unpaired) electrons. The number of nitrogens with zero attached hydrogens (tertiary/aromatic N) is 3. The number of halogens is 1. The van der Waals surface area contributed by atoms with E-state index in [1.165, 1.54) is 4.68 Å². The van der Waals surface area contributed by atoms with Gasteiger partial charge in [0.25, 0.3) is 0 Å². The molecule has 7 heteroatoms. The molecule has 1 heterocycles. The summed E-state index contributed by atoms with van der Waals surface area (Å²) in [7, 11) is 0. The molecule has 0 fully saturated rings. The number of benzene rings is 1. The van der Waals surface area contributed by atoms with E-state index in [4.69, 9.17) is 5.73 Å². The molecule has 0 spiro atoms. The molecule has 1 amide bonds. The first-order valence-corrected chi connectivity index (χ1v) is 7.40. The zero-order valence-corrected chi connectivity index (χ0v) is 13.1. The van der Waals surface area contributed by atoms with Gasteiger partial charge < -0.3 is 11.1 Å². The topological polar surface area (TPSA) is 85.8 Å². The second-order valence-electron chi connectivity index (χ2n) is 4.33. The number of anilines is 1. The van der Waals surface area contributed by atoms with Crippen molar-refractivity contribution < 1.29 is 4.79 Å². The average Bonchev–Trinajstić information content (AvgIpc) is 2.86. The van der Waals surface area contributed by atoms with Crippen molar-refractivity contribution in [1.29, 1.82) is 0 Å². The molecule has 0 aliphatic rings. The highest BCUT2D eigenvalue weighted by Crippen LogP contribution is 2.16. The molecule has 0 bridgehead atoms. The van der Waals surface area contributed by atoms with Crippen molar-refractivity contribution in [2.24, 2.45) is 5.73 Å². The number of para-hydroxylation sites is 1. The molecule has 20 heavy (non-hydrogen) atoms. The van der Waals surface area contributed by atoms with Gasteiger partial charge in [0.1, 0.15) is 6.54 Å². The second-order valence-corrected chi connectivity index (χ2v) is 5.49. The molecule has 1 aromatic carbocycles. The molecule has 1 aromatic heterocycles. The van der Waals surface area contributed by atoms with Gasteiger partial charge in [-0.3, -0.25) is 4.79 Å². The summed E-state index contributed by atoms with van der Waals surface area (Å²) < 4.78 is 2.54. The van der Waals surface area contributed by atoms with Gasteiger partial charge >= 0.3 is 0 Å². The average molecular weight is 385 g/mol. The summed E-state index contributed by atoms with van der Waals surface area (Å²) in [6.07, 6.45) is 3.44. The number of aromatic nitrogens is 3. The Hall–Kier alpha value is -1.48. The number of rotatable bonds is 6. The van der Waals surface area contributed by atoms with Crippen molar-refractivity contribution in [2.75, 3.05) is 11.9 Å². The normalized spacial score (nSPS) is 10.5. The zero-order valence-electron chi connectivity index (χ0n) is 10.9. The highest BCUT2D eigenvalue weighted by molar-refractivity contribution is 14.1. The summed E-state index contributed by atoms with van der Waals surface area (Å²) in [5.41, 5.74) is 7.11. The lowest BCUT2D eigenvalue weighted by Crippen LogP contribution is -2.19. The zero-order chi connectivity index (χ0) is 14.4. The number of amides is 1. The lowest BCUT2D eigenvalue weighted by Gasteiger charge is -2.06. The van der Waals surface area contributed by atoms with E-state index in [1.54, 1.807) is 6.20 Å². The van der Waals surface area contributed by atoms with E-state index in [9.17, 15) is 4.79 Å². The second kappa shape index (κ2) is 7.34. The molecule has 0 aliphatic carbocycles. The van der Waals surface area contributed by atoms with Crippen LogP contribution >= 0.6 is 22.6 Å². The number of hydrogen-bond acceptors (Lipinski definition) is 4. The highest BCUT2D eigenvalue weighted by atomic mass is 127. The fraction of sp³-hybridized carbons (Fsp3) is 0.308. The van der Waals surface area contributed by atoms with E-state index < -0.39 is 0 Å². The fourth-order valence-electron chi connectivity index (χ4n) is 1.71. The Morgan fingerprint density at radius 3 is 2.95 bits per heavy atom. The monoisotopic (exact) mass is 385 g/mol. The van der Waals surface area contributed by atoms with Crippen molar-refractivity contribution in [3.05, 3.63) is 39.7 Å². The van der Waals surface area contributed by atoms with Crippen molar-refractivity contribution in [2.45, 2.75) is 19.4 Å². The van der Waals surface area contributed by atoms with Crippen LogP contribution < -0.4 is 11.1 Å². The van der Waals surface area contributed by atoms with Crippen LogP contribution in [0.4, 0.5) is 5.69 Å². The molecule has 0 atom stereocenters. The Balaban J connectivity index is 1.91. The first-order chi connectivity index (χ1) is 9.69. The van der Waals surface area contributed by atoms with E-state index in [0.29, 0.717) is 6.54 Å². The maximum atomic E-state index is 11.9. The van der Waals surface area contributed by atoms with Gasteiger partial charge in [0, 0.05) is 9.77 Å². The summed E-state index contributed by atoms with van der Waals surface area (Å²) >= 11 is 2.18. The Morgan fingerprint density at radius 1 is 1.40 bits per heavy atom. The van der Waals surface area contributed by atoms with Crippen LogP contribution in [-0.2, 0) is 17.8 Å². The van der Waals surface area contributed by atoms with E-state index >= 15 is 0 Å². The van der Waals surface area contributed by atoms with Crippen LogP contribution in [-0.4, -0.2) is 27.4 Å². The molecule has 0 unspecified atom stereocenters. The van der Waals surface area contributed by atoms with Crippen molar-refractivity contribution in [1.82, 2.24) is 15.0 Å². The van der Waals surface area contributed by atoms with Gasteiger partial charge in [0.05, 0.1) is 11.4 Å². The molecule has 2 rings (SSSR count). The number of carbonyl (C=O) groups is 1. The van der Waals surface area contributed by atoms with Gasteiger partial charge in [-0.15, -0.1) is 5.10 Å². The Labute approximate surface area is 130 Å². The number of aryl methyl sites for hydroxylation is 1. The van der Waals surface area contributed by atoms with E-state index in [0.717, 1.165) is 27.8 Å². The minimum Gasteiger partial charge on any atom is -0.330 e. The summed E-state index contributed by atoms with van der Waals surface area (Å²) in [5, 5.41) is 10.8. The first kappa shape index (κ1) is 14.9. The van der Waals surface area contributed by atoms with Crippen LogP contribution in [0.15, 0.2) is 30.5 Å². The third-order valence-electron chi connectivity index (χ3n) is 2.68.